The number of hydrogen-bond acceptors (Lipinski definition) is 3. The van der Waals surface area contributed by atoms with E-state index in [9.17, 15) is 9.59 Å². The molecule has 1 amide bonds. The van der Waals surface area contributed by atoms with Crippen LogP contribution >= 0.6 is 0 Å². The van der Waals surface area contributed by atoms with E-state index in [2.05, 4.69) is 0 Å². The summed E-state index contributed by atoms with van der Waals surface area (Å²) in [5.74, 6) is 1.02. The molecule has 1 heterocycles. The van der Waals surface area contributed by atoms with E-state index in [0.29, 0.717) is 24.9 Å². The lowest BCUT2D eigenvalue weighted by Gasteiger charge is -2.24. The Kier molecular flexibility index (Phi) is 3.15. The van der Waals surface area contributed by atoms with Gasteiger partial charge in [0.05, 0.1) is 0 Å². The van der Waals surface area contributed by atoms with Gasteiger partial charge in [0.1, 0.15) is 11.9 Å². The Labute approximate surface area is 102 Å². The first-order valence-electron chi connectivity index (χ1n) is 6.34. The molecule has 0 radical (unpaired) electrons. The van der Waals surface area contributed by atoms with Crippen LogP contribution in [-0.2, 0) is 9.53 Å². The molecular formula is C13H21NO3. The fraction of sp³-hybridized carbons (Fsp3) is 0.846. The smallest absolute Gasteiger partial charge is 0.410 e. The molecule has 1 aliphatic carbocycles. The van der Waals surface area contributed by atoms with Gasteiger partial charge in [0, 0.05) is 19.0 Å². The molecule has 0 unspecified atom stereocenters. The Morgan fingerprint density at radius 3 is 2.41 bits per heavy atom. The molecule has 0 aromatic rings. The van der Waals surface area contributed by atoms with Crippen molar-refractivity contribution in [3.63, 3.8) is 0 Å². The first-order valence-corrected chi connectivity index (χ1v) is 6.34. The maximum atomic E-state index is 11.9. The van der Waals surface area contributed by atoms with Crippen molar-refractivity contribution in [2.24, 2.45) is 17.8 Å². The quantitative estimate of drug-likeness (QED) is 0.693. The van der Waals surface area contributed by atoms with Crippen molar-refractivity contribution in [2.75, 3.05) is 13.1 Å². The predicted molar refractivity (Wildman–Crippen MR) is 63.6 cm³/mol. The van der Waals surface area contributed by atoms with Gasteiger partial charge in [-0.25, -0.2) is 4.79 Å². The zero-order valence-electron chi connectivity index (χ0n) is 10.8. The van der Waals surface area contributed by atoms with Gasteiger partial charge in [-0.2, -0.15) is 0 Å². The predicted octanol–water partition coefficient (Wildman–Crippen LogP) is 2.08. The summed E-state index contributed by atoms with van der Waals surface area (Å²) in [5, 5.41) is 0. The lowest BCUT2D eigenvalue weighted by molar-refractivity contribution is -0.111. The minimum absolute atomic E-state index is 0.00928. The Balaban J connectivity index is 1.95. The van der Waals surface area contributed by atoms with Crippen molar-refractivity contribution >= 4 is 12.4 Å². The van der Waals surface area contributed by atoms with Gasteiger partial charge in [-0.3, -0.25) is 0 Å². The number of likely N-dealkylation sites (tertiary alicyclic amines) is 1. The molecule has 2 rings (SSSR count). The molecule has 2 atom stereocenters. The van der Waals surface area contributed by atoms with E-state index < -0.39 is 5.60 Å². The number of nitrogens with zero attached hydrogens (tertiary/aromatic N) is 1. The Morgan fingerprint density at radius 2 is 1.94 bits per heavy atom. The first kappa shape index (κ1) is 12.4. The molecule has 1 saturated carbocycles. The van der Waals surface area contributed by atoms with Crippen LogP contribution in [0.3, 0.4) is 0 Å². The third kappa shape index (κ3) is 2.99. The third-order valence-electron chi connectivity index (χ3n) is 3.47. The van der Waals surface area contributed by atoms with E-state index >= 15 is 0 Å². The fourth-order valence-corrected chi connectivity index (χ4v) is 2.50. The summed E-state index contributed by atoms with van der Waals surface area (Å²) < 4.78 is 5.33. The number of rotatable bonds is 2. The second-order valence-corrected chi connectivity index (χ2v) is 6.19. The van der Waals surface area contributed by atoms with Crippen LogP contribution in [0.1, 0.15) is 33.6 Å². The standard InChI is InChI=1S/C13H21NO3/c1-13(2,3)17-12(16)14-6-10(8-15)11(7-14)9-4-5-9/h8-11H,4-7H2,1-3H3/t10-,11-/m0/s1. The van der Waals surface area contributed by atoms with Crippen molar-refractivity contribution in [3.8, 4) is 0 Å². The fourth-order valence-electron chi connectivity index (χ4n) is 2.50. The van der Waals surface area contributed by atoms with E-state index in [1.54, 1.807) is 4.90 Å². The van der Waals surface area contributed by atoms with Crippen LogP contribution in [0.5, 0.6) is 0 Å². The minimum atomic E-state index is -0.467. The van der Waals surface area contributed by atoms with Crippen LogP contribution < -0.4 is 0 Å². The molecule has 4 heteroatoms. The number of carbonyl (C=O) groups is 2. The zero-order chi connectivity index (χ0) is 12.6. The van der Waals surface area contributed by atoms with E-state index in [1.165, 1.54) is 12.8 Å². The van der Waals surface area contributed by atoms with Crippen LogP contribution in [0.15, 0.2) is 0 Å². The zero-order valence-corrected chi connectivity index (χ0v) is 10.8. The SMILES string of the molecule is CC(C)(C)OC(=O)N1C[C@@H](C=O)[C@H](C2CC2)C1. The number of aldehydes is 1. The summed E-state index contributed by atoms with van der Waals surface area (Å²) in [6.07, 6.45) is 3.13. The molecular weight excluding hydrogens is 218 g/mol. The van der Waals surface area contributed by atoms with Gasteiger partial charge in [0.2, 0.25) is 0 Å². The normalized spacial score (nSPS) is 29.2. The van der Waals surface area contributed by atoms with Crippen LogP contribution in [0, 0.1) is 17.8 Å². The lowest BCUT2D eigenvalue weighted by Crippen LogP contribution is -2.35. The van der Waals surface area contributed by atoms with Crippen molar-refractivity contribution in [1.29, 1.82) is 0 Å². The average molecular weight is 239 g/mol. The number of hydrogen-bond donors (Lipinski definition) is 0. The maximum absolute atomic E-state index is 11.9. The van der Waals surface area contributed by atoms with Crippen molar-refractivity contribution in [3.05, 3.63) is 0 Å². The van der Waals surface area contributed by atoms with Crippen molar-refractivity contribution in [2.45, 2.75) is 39.2 Å². The highest BCUT2D eigenvalue weighted by atomic mass is 16.6. The Morgan fingerprint density at radius 1 is 1.29 bits per heavy atom. The minimum Gasteiger partial charge on any atom is -0.444 e. The molecule has 2 fully saturated rings. The third-order valence-corrected chi connectivity index (χ3v) is 3.47. The van der Waals surface area contributed by atoms with Gasteiger partial charge >= 0.3 is 6.09 Å². The lowest BCUT2D eigenvalue weighted by atomic mass is 9.93. The van der Waals surface area contributed by atoms with Crippen molar-refractivity contribution in [1.82, 2.24) is 4.90 Å². The molecule has 1 aliphatic heterocycles. The molecule has 0 bridgehead atoms. The van der Waals surface area contributed by atoms with Gasteiger partial charge in [-0.1, -0.05) is 0 Å². The summed E-state index contributed by atoms with van der Waals surface area (Å²) in [6.45, 7) is 6.78. The largest absolute Gasteiger partial charge is 0.444 e. The summed E-state index contributed by atoms with van der Waals surface area (Å²) in [4.78, 5) is 24.6. The number of amides is 1. The van der Waals surface area contributed by atoms with E-state index in [1.807, 2.05) is 20.8 Å². The van der Waals surface area contributed by atoms with Crippen molar-refractivity contribution < 1.29 is 14.3 Å². The van der Waals surface area contributed by atoms with Gasteiger partial charge in [-0.05, 0) is 45.4 Å². The van der Waals surface area contributed by atoms with Gasteiger partial charge < -0.3 is 14.4 Å². The monoisotopic (exact) mass is 239 g/mol. The highest BCUT2D eigenvalue weighted by Crippen LogP contribution is 2.43. The van der Waals surface area contributed by atoms with Crippen LogP contribution in [-0.4, -0.2) is 36.0 Å². The van der Waals surface area contributed by atoms with Crippen LogP contribution in [0.4, 0.5) is 4.79 Å². The molecule has 0 aromatic heterocycles. The van der Waals surface area contributed by atoms with E-state index in [0.717, 1.165) is 6.29 Å². The average Bonchev–Trinajstić information content (AvgIpc) is 2.95. The second-order valence-electron chi connectivity index (χ2n) is 6.19. The van der Waals surface area contributed by atoms with Gasteiger partial charge in [0.25, 0.3) is 0 Å². The molecule has 4 nitrogen and oxygen atoms in total. The second kappa shape index (κ2) is 4.31. The number of carbonyl (C=O) groups excluding carboxylic acids is 2. The summed E-state index contributed by atoms with van der Waals surface area (Å²) in [6, 6.07) is 0. The van der Waals surface area contributed by atoms with Crippen LogP contribution in [0.2, 0.25) is 0 Å². The van der Waals surface area contributed by atoms with Gasteiger partial charge in [0.15, 0.2) is 0 Å². The highest BCUT2D eigenvalue weighted by molar-refractivity contribution is 5.70. The molecule has 0 spiro atoms. The van der Waals surface area contributed by atoms with E-state index in [4.69, 9.17) is 4.74 Å². The topological polar surface area (TPSA) is 46.6 Å². The van der Waals surface area contributed by atoms with E-state index in [-0.39, 0.29) is 12.0 Å². The maximum Gasteiger partial charge on any atom is 0.410 e. The summed E-state index contributed by atoms with van der Waals surface area (Å²) in [7, 11) is 0. The van der Waals surface area contributed by atoms with Crippen LogP contribution in [0.25, 0.3) is 0 Å². The molecule has 1 saturated heterocycles. The van der Waals surface area contributed by atoms with Gasteiger partial charge in [-0.15, -0.1) is 0 Å². The highest BCUT2D eigenvalue weighted by Gasteiger charge is 2.44. The molecule has 0 aromatic carbocycles. The summed E-state index contributed by atoms with van der Waals surface area (Å²) >= 11 is 0. The Hall–Kier alpha value is -1.06. The number of ether oxygens (including phenoxy) is 1. The Bertz CT molecular complexity index is 317. The molecule has 17 heavy (non-hydrogen) atoms. The molecule has 96 valence electrons. The first-order chi connectivity index (χ1) is 7.90. The summed E-state index contributed by atoms with van der Waals surface area (Å²) in [5.41, 5.74) is -0.467. The molecule has 2 aliphatic rings. The molecule has 0 N–H and O–H groups in total.